The summed E-state index contributed by atoms with van der Waals surface area (Å²) in [6.45, 7) is 1.49. The second kappa shape index (κ2) is 9.35. The molecule has 32 heavy (non-hydrogen) atoms. The Balaban J connectivity index is 1.38. The van der Waals surface area contributed by atoms with Crippen molar-refractivity contribution in [1.29, 1.82) is 5.26 Å². The van der Waals surface area contributed by atoms with Crippen molar-refractivity contribution in [3.63, 3.8) is 0 Å². The van der Waals surface area contributed by atoms with Gasteiger partial charge in [-0.25, -0.2) is 0 Å². The van der Waals surface area contributed by atoms with Gasteiger partial charge < -0.3 is 14.6 Å². The molecule has 164 valence electrons. The Bertz CT molecular complexity index is 1190. The number of hydrogen-bond donors (Lipinski definition) is 1. The summed E-state index contributed by atoms with van der Waals surface area (Å²) in [6.07, 6.45) is 8.06. The number of pyridine rings is 1. The number of para-hydroxylation sites is 1. The molecular weight excluding hydrogens is 420 g/mol. The van der Waals surface area contributed by atoms with Gasteiger partial charge in [0, 0.05) is 28.8 Å². The number of amides is 1. The van der Waals surface area contributed by atoms with Crippen LogP contribution in [0.1, 0.15) is 42.5 Å². The number of thioether (sulfide) groups is 1. The molecule has 1 amide bonds. The molecule has 0 saturated carbocycles. The molecule has 5 rings (SSSR count). The Morgan fingerprint density at radius 1 is 1.25 bits per heavy atom. The number of benzene rings is 1. The molecule has 7 heteroatoms. The zero-order chi connectivity index (χ0) is 21.9. The first-order chi connectivity index (χ1) is 15.7. The smallest absolute Gasteiger partial charge is 0.235 e. The lowest BCUT2D eigenvalue weighted by atomic mass is 9.95. The van der Waals surface area contributed by atoms with Crippen LogP contribution in [0.2, 0.25) is 0 Å². The van der Waals surface area contributed by atoms with Gasteiger partial charge in [-0.05, 0) is 56.2 Å². The number of ether oxygens (including phenoxy) is 1. The lowest BCUT2D eigenvalue weighted by Gasteiger charge is -2.19. The van der Waals surface area contributed by atoms with Crippen LogP contribution in [0.15, 0.2) is 41.4 Å². The molecule has 1 unspecified atom stereocenters. The topological polar surface area (TPSA) is 79.9 Å². The van der Waals surface area contributed by atoms with E-state index in [9.17, 15) is 10.1 Å². The van der Waals surface area contributed by atoms with Gasteiger partial charge in [-0.15, -0.1) is 11.8 Å². The van der Waals surface area contributed by atoms with Crippen molar-refractivity contribution in [2.24, 2.45) is 0 Å². The number of carbonyl (C=O) groups excluding carboxylic acids is 1. The minimum atomic E-state index is -0.101. The molecule has 1 fully saturated rings. The predicted octanol–water partition coefficient (Wildman–Crippen LogP) is 4.70. The van der Waals surface area contributed by atoms with Crippen LogP contribution < -0.4 is 5.32 Å². The van der Waals surface area contributed by atoms with E-state index in [0.717, 1.165) is 66.5 Å². The number of fused-ring (bicyclic) bond motifs is 2. The summed E-state index contributed by atoms with van der Waals surface area (Å²) < 4.78 is 8.03. The van der Waals surface area contributed by atoms with Gasteiger partial charge in [0.15, 0.2) is 0 Å². The first kappa shape index (κ1) is 21.0. The first-order valence-corrected chi connectivity index (χ1v) is 12.3. The number of carbonyl (C=O) groups is 1. The molecule has 2 aliphatic rings. The highest BCUT2D eigenvalue weighted by atomic mass is 32.2. The van der Waals surface area contributed by atoms with Crippen LogP contribution in [0, 0.1) is 11.3 Å². The van der Waals surface area contributed by atoms with Crippen molar-refractivity contribution in [3.05, 3.63) is 53.3 Å². The van der Waals surface area contributed by atoms with Gasteiger partial charge in [0.05, 0.1) is 29.5 Å². The average molecular weight is 447 g/mol. The van der Waals surface area contributed by atoms with Crippen LogP contribution in [0.4, 0.5) is 5.82 Å². The standard InChI is InChI=1S/C25H26N4O2S/c26-14-20-18-7-2-4-10-22(18)29(15-17-6-5-13-31-17)25(20)28-24(30)16-32-23-11-12-27-21-9-3-1-8-19(21)23/h1,3,8-9,11-12,17H,2,4-7,10,13,15-16H2,(H,28,30). The number of anilines is 1. The Morgan fingerprint density at radius 2 is 2.12 bits per heavy atom. The van der Waals surface area contributed by atoms with Gasteiger partial charge in [0.25, 0.3) is 0 Å². The number of nitrogens with zero attached hydrogens (tertiary/aromatic N) is 3. The summed E-state index contributed by atoms with van der Waals surface area (Å²) in [5.74, 6) is 0.824. The molecule has 1 saturated heterocycles. The van der Waals surface area contributed by atoms with Crippen molar-refractivity contribution in [3.8, 4) is 6.07 Å². The molecule has 1 aliphatic heterocycles. The van der Waals surface area contributed by atoms with Gasteiger partial charge in [-0.1, -0.05) is 18.2 Å². The second-order valence-electron chi connectivity index (χ2n) is 8.38. The number of nitrogens with one attached hydrogen (secondary N) is 1. The lowest BCUT2D eigenvalue weighted by molar-refractivity contribution is -0.113. The summed E-state index contributed by atoms with van der Waals surface area (Å²) in [7, 11) is 0. The van der Waals surface area contributed by atoms with Crippen molar-refractivity contribution >= 4 is 34.4 Å². The van der Waals surface area contributed by atoms with Crippen LogP contribution >= 0.6 is 11.8 Å². The largest absolute Gasteiger partial charge is 0.376 e. The zero-order valence-corrected chi connectivity index (χ0v) is 18.8. The molecule has 1 aliphatic carbocycles. The third-order valence-corrected chi connectivity index (χ3v) is 7.39. The van der Waals surface area contributed by atoms with Gasteiger partial charge in [0.1, 0.15) is 11.9 Å². The highest BCUT2D eigenvalue weighted by Gasteiger charge is 2.28. The van der Waals surface area contributed by atoms with Crippen LogP contribution in [0.5, 0.6) is 0 Å². The highest BCUT2D eigenvalue weighted by molar-refractivity contribution is 8.00. The summed E-state index contributed by atoms with van der Waals surface area (Å²) >= 11 is 1.50. The molecule has 0 radical (unpaired) electrons. The van der Waals surface area contributed by atoms with Gasteiger partial charge in [-0.3, -0.25) is 9.78 Å². The summed E-state index contributed by atoms with van der Waals surface area (Å²) in [5, 5.41) is 14.1. The maximum atomic E-state index is 13.0. The van der Waals surface area contributed by atoms with Crippen molar-refractivity contribution in [2.45, 2.75) is 56.1 Å². The highest BCUT2D eigenvalue weighted by Crippen LogP contribution is 2.34. The van der Waals surface area contributed by atoms with Gasteiger partial charge in [-0.2, -0.15) is 5.26 Å². The summed E-state index contributed by atoms with van der Waals surface area (Å²) in [6, 6.07) is 12.3. The Kier molecular flexibility index (Phi) is 6.15. The van der Waals surface area contributed by atoms with Gasteiger partial charge in [0.2, 0.25) is 5.91 Å². The van der Waals surface area contributed by atoms with E-state index in [-0.39, 0.29) is 17.8 Å². The van der Waals surface area contributed by atoms with E-state index in [1.54, 1.807) is 6.20 Å². The molecular formula is C25H26N4O2S. The Hall–Kier alpha value is -2.82. The molecule has 1 aromatic carbocycles. The molecule has 6 nitrogen and oxygen atoms in total. The average Bonchev–Trinajstić information content (AvgIpc) is 3.44. The van der Waals surface area contributed by atoms with Crippen LogP contribution in [0.3, 0.4) is 0 Å². The van der Waals surface area contributed by atoms with E-state index in [0.29, 0.717) is 17.9 Å². The zero-order valence-electron chi connectivity index (χ0n) is 18.0. The van der Waals surface area contributed by atoms with E-state index in [2.05, 4.69) is 20.9 Å². The van der Waals surface area contributed by atoms with E-state index in [1.165, 1.54) is 17.5 Å². The van der Waals surface area contributed by atoms with Crippen molar-refractivity contribution in [1.82, 2.24) is 9.55 Å². The second-order valence-corrected chi connectivity index (χ2v) is 9.39. The minimum Gasteiger partial charge on any atom is -0.376 e. The van der Waals surface area contributed by atoms with Crippen molar-refractivity contribution in [2.75, 3.05) is 17.7 Å². The molecule has 1 N–H and O–H groups in total. The van der Waals surface area contributed by atoms with E-state index >= 15 is 0 Å². The minimum absolute atomic E-state index is 0.101. The van der Waals surface area contributed by atoms with E-state index in [1.807, 2.05) is 30.3 Å². The Labute approximate surface area is 192 Å². The number of nitriles is 1. The number of hydrogen-bond acceptors (Lipinski definition) is 5. The number of aromatic nitrogens is 2. The third kappa shape index (κ3) is 4.13. The SMILES string of the molecule is N#Cc1c2c(n(CC3CCCO3)c1NC(=O)CSc1ccnc3ccccc13)CCCC2. The maximum absolute atomic E-state index is 13.0. The monoisotopic (exact) mass is 446 g/mol. The normalized spacial score (nSPS) is 17.8. The van der Waals surface area contributed by atoms with Crippen molar-refractivity contribution < 1.29 is 9.53 Å². The predicted molar refractivity (Wildman–Crippen MR) is 126 cm³/mol. The molecule has 1 atom stereocenters. The third-order valence-electron chi connectivity index (χ3n) is 6.32. The molecule has 0 bridgehead atoms. The van der Waals surface area contributed by atoms with E-state index < -0.39 is 0 Å². The molecule has 3 aromatic rings. The lowest BCUT2D eigenvalue weighted by Crippen LogP contribution is -2.23. The fourth-order valence-corrected chi connectivity index (χ4v) is 5.66. The quantitative estimate of drug-likeness (QED) is 0.556. The Morgan fingerprint density at radius 3 is 2.97 bits per heavy atom. The molecule has 2 aromatic heterocycles. The van der Waals surface area contributed by atoms with Crippen LogP contribution in [-0.2, 0) is 28.9 Å². The summed E-state index contributed by atoms with van der Waals surface area (Å²) in [4.78, 5) is 18.4. The first-order valence-electron chi connectivity index (χ1n) is 11.3. The molecule has 3 heterocycles. The summed E-state index contributed by atoms with van der Waals surface area (Å²) in [5.41, 5.74) is 3.86. The van der Waals surface area contributed by atoms with Crippen LogP contribution in [-0.4, -0.2) is 33.9 Å². The fraction of sp³-hybridized carbons (Fsp3) is 0.400. The van der Waals surface area contributed by atoms with E-state index in [4.69, 9.17) is 4.74 Å². The number of rotatable bonds is 6. The van der Waals surface area contributed by atoms with Gasteiger partial charge >= 0.3 is 0 Å². The van der Waals surface area contributed by atoms with Crippen LogP contribution in [0.25, 0.3) is 10.9 Å². The maximum Gasteiger partial charge on any atom is 0.235 e. The fourth-order valence-electron chi connectivity index (χ4n) is 4.82. The molecule has 0 spiro atoms.